The van der Waals surface area contributed by atoms with Gasteiger partial charge in [0, 0.05) is 12.1 Å². The van der Waals surface area contributed by atoms with Gasteiger partial charge in [-0.3, -0.25) is 19.5 Å². The van der Waals surface area contributed by atoms with Crippen molar-refractivity contribution >= 4 is 41.7 Å². The van der Waals surface area contributed by atoms with E-state index >= 15 is 0 Å². The Labute approximate surface area is 255 Å². The van der Waals surface area contributed by atoms with Crippen LogP contribution in [0.4, 0.5) is 10.1 Å². The molecule has 0 radical (unpaired) electrons. The molecule has 2 fully saturated rings. The zero-order valence-electron chi connectivity index (χ0n) is 24.6. The van der Waals surface area contributed by atoms with Crippen molar-refractivity contribution in [2.24, 2.45) is 23.7 Å². The van der Waals surface area contributed by atoms with Crippen LogP contribution in [0.5, 0.6) is 5.75 Å². The molecule has 3 aliphatic rings. The number of carbonyl (C=O) groups excluding carboxylic acids is 2. The number of aromatic nitrogens is 1. The molecule has 0 saturated carbocycles. The van der Waals surface area contributed by atoms with E-state index in [1.807, 2.05) is 24.3 Å². The van der Waals surface area contributed by atoms with E-state index in [2.05, 4.69) is 18.8 Å². The minimum atomic E-state index is -1.71. The summed E-state index contributed by atoms with van der Waals surface area (Å²) in [6.45, 7) is 4.52. The van der Waals surface area contributed by atoms with Gasteiger partial charge in [-0.2, -0.15) is 0 Å². The monoisotopic (exact) mass is 596 g/mol. The van der Waals surface area contributed by atoms with E-state index in [4.69, 9.17) is 4.74 Å². The number of rotatable bonds is 8. The van der Waals surface area contributed by atoms with Crippen molar-refractivity contribution in [3.8, 4) is 5.75 Å². The molecular weight excluding hydrogens is 562 g/mol. The molecule has 44 heavy (non-hydrogen) atoms. The number of imide groups is 1. The van der Waals surface area contributed by atoms with Crippen molar-refractivity contribution in [2.45, 2.75) is 39.2 Å². The normalized spacial score (nSPS) is 23.4. The molecule has 0 spiro atoms. The predicted octanol–water partition coefficient (Wildman–Crippen LogP) is 4.10. The number of nitrogens with zero attached hydrogens (tertiary/aromatic N) is 2. The van der Waals surface area contributed by atoms with E-state index in [9.17, 15) is 29.1 Å². The van der Waals surface area contributed by atoms with Gasteiger partial charge in [0.05, 0.1) is 35.9 Å². The summed E-state index contributed by atoms with van der Waals surface area (Å²) in [4.78, 5) is 33.3. The van der Waals surface area contributed by atoms with Crippen molar-refractivity contribution in [2.75, 3.05) is 11.5 Å². The summed E-state index contributed by atoms with van der Waals surface area (Å²) in [5.41, 5.74) is 5.01. The second kappa shape index (κ2) is 12.1. The highest BCUT2D eigenvalue weighted by Gasteiger charge is 2.57. The second-order valence-corrected chi connectivity index (χ2v) is 12.0. The summed E-state index contributed by atoms with van der Waals surface area (Å²) < 4.78 is 20.5. The van der Waals surface area contributed by atoms with Crippen LogP contribution in [0.15, 0.2) is 78.0 Å². The molecule has 1 aliphatic carbocycles. The number of phenolic OH excluding ortho intramolecular Hbond substituents is 1. The number of carbonyl (C=O) groups is 2. The first-order valence-electron chi connectivity index (χ1n) is 14.9. The minimum absolute atomic E-state index is 0.147. The number of benzene rings is 2. The van der Waals surface area contributed by atoms with Crippen LogP contribution < -0.4 is 10.4 Å². The van der Waals surface area contributed by atoms with Crippen LogP contribution in [0, 0.1) is 29.5 Å². The van der Waals surface area contributed by atoms with Gasteiger partial charge in [-0.1, -0.05) is 43.7 Å². The summed E-state index contributed by atoms with van der Waals surface area (Å²) in [7, 11) is -1.71. The van der Waals surface area contributed by atoms with Crippen LogP contribution in [-0.2, 0) is 14.3 Å². The minimum Gasteiger partial charge on any atom is -0.505 e. The molecule has 3 N–H and O–H groups in total. The van der Waals surface area contributed by atoms with Crippen LogP contribution in [0.1, 0.15) is 44.4 Å². The van der Waals surface area contributed by atoms with E-state index in [-0.39, 0.29) is 35.2 Å². The molecule has 0 unspecified atom stereocenters. The average Bonchev–Trinajstić information content (AvgIpc) is 3.54. The number of fused-ring (bicyclic) bond motifs is 3. The Hall–Kier alpha value is -4.12. The number of phenols is 1. The number of ether oxygens (including phenoxy) is 1. The number of aromatic hydroxyl groups is 1. The lowest BCUT2D eigenvalue weighted by Crippen LogP contribution is -2.36. The zero-order valence-corrected chi connectivity index (χ0v) is 24.6. The molecule has 1 aromatic heterocycles. The van der Waals surface area contributed by atoms with Crippen molar-refractivity contribution in [1.29, 1.82) is 0 Å². The van der Waals surface area contributed by atoms with Gasteiger partial charge < -0.3 is 19.9 Å². The number of anilines is 1. The molecule has 6 rings (SSSR count). The quantitative estimate of drug-likeness (QED) is 0.204. The molecular formula is C34H34BFN2O6. The van der Waals surface area contributed by atoms with Crippen molar-refractivity contribution in [3.63, 3.8) is 0 Å². The van der Waals surface area contributed by atoms with Crippen molar-refractivity contribution in [3.05, 3.63) is 95.1 Å². The molecule has 3 heterocycles. The van der Waals surface area contributed by atoms with E-state index in [0.29, 0.717) is 37.1 Å². The maximum absolute atomic E-state index is 14.1. The first-order valence-corrected chi connectivity index (χ1v) is 14.9. The molecule has 3 aromatic rings. The van der Waals surface area contributed by atoms with E-state index in [0.717, 1.165) is 22.4 Å². The highest BCUT2D eigenvalue weighted by atomic mass is 19.1. The summed E-state index contributed by atoms with van der Waals surface area (Å²) in [5.74, 6) is -2.83. The summed E-state index contributed by atoms with van der Waals surface area (Å²) in [6, 6.07) is 16.1. The van der Waals surface area contributed by atoms with Gasteiger partial charge in [-0.25, -0.2) is 4.39 Å². The maximum atomic E-state index is 14.1. The zero-order chi connectivity index (χ0) is 31.1. The second-order valence-electron chi connectivity index (χ2n) is 12.0. The number of pyridine rings is 1. The van der Waals surface area contributed by atoms with Gasteiger partial charge in [0.15, 0.2) is 11.6 Å². The largest absolute Gasteiger partial charge is 0.505 e. The summed E-state index contributed by atoms with van der Waals surface area (Å²) in [5, 5.41) is 28.9. The van der Waals surface area contributed by atoms with Crippen LogP contribution in [-0.4, -0.2) is 51.8 Å². The smallest absolute Gasteiger partial charge is 0.488 e. The number of allylic oxidation sites excluding steroid dienone is 2. The Morgan fingerprint density at radius 3 is 2.61 bits per heavy atom. The van der Waals surface area contributed by atoms with Gasteiger partial charge in [0.25, 0.3) is 0 Å². The van der Waals surface area contributed by atoms with Gasteiger partial charge >= 0.3 is 7.12 Å². The highest BCUT2D eigenvalue weighted by molar-refractivity contribution is 6.58. The molecule has 0 bridgehead atoms. The van der Waals surface area contributed by atoms with Gasteiger partial charge in [0.1, 0.15) is 0 Å². The van der Waals surface area contributed by atoms with Crippen LogP contribution in [0.25, 0.3) is 11.6 Å². The van der Waals surface area contributed by atoms with Crippen LogP contribution in [0.2, 0.25) is 0 Å². The highest BCUT2D eigenvalue weighted by Crippen LogP contribution is 2.52. The number of hydrogen-bond donors (Lipinski definition) is 3. The van der Waals surface area contributed by atoms with E-state index < -0.39 is 30.5 Å². The Kier molecular flexibility index (Phi) is 8.24. The Morgan fingerprint density at radius 2 is 1.91 bits per heavy atom. The summed E-state index contributed by atoms with van der Waals surface area (Å²) >= 11 is 0. The molecule has 8 nitrogen and oxygen atoms in total. The lowest BCUT2D eigenvalue weighted by atomic mass is 9.67. The molecule has 10 heteroatoms. The Morgan fingerprint density at radius 1 is 1.09 bits per heavy atom. The third kappa shape index (κ3) is 5.49. The SMILES string of the molecule is CC(C)C1=C2[C@@H](CC/C(=C/c3ccc(O)c(F)c3)c3ccccn3)OC[C@@H]2[C@@H]2C(=O)N(c3cccc(B(O)O)c3)C(=O)[C@@H]2C1. The standard InChI is InChI=1S/C34H34BFN2O6/c1-19(2)24-17-25-32(34(41)38(33(25)40)23-7-5-6-22(16-23)35(42)43)26-18-44-30(31(24)26)12-10-21(28-8-3-4-13-37-28)14-20-9-11-29(39)27(36)15-20/h3-9,11,13-16,19,25-26,30,32,39,42-43H,10,12,17-18H2,1-2H3/b21-14-/t25-,26+,30-,32-/m1/s1. The third-order valence-electron chi connectivity index (χ3n) is 9.05. The van der Waals surface area contributed by atoms with Gasteiger partial charge in [0.2, 0.25) is 11.8 Å². The van der Waals surface area contributed by atoms with E-state index in [1.54, 1.807) is 24.4 Å². The lowest BCUT2D eigenvalue weighted by molar-refractivity contribution is -0.122. The van der Waals surface area contributed by atoms with Crippen molar-refractivity contribution in [1.82, 2.24) is 4.98 Å². The lowest BCUT2D eigenvalue weighted by Gasteiger charge is -2.33. The van der Waals surface area contributed by atoms with Crippen LogP contribution >= 0.6 is 0 Å². The Bertz CT molecular complexity index is 1660. The van der Waals surface area contributed by atoms with Crippen molar-refractivity contribution < 1.29 is 33.9 Å². The molecule has 2 aromatic carbocycles. The van der Waals surface area contributed by atoms with Crippen LogP contribution in [0.3, 0.4) is 0 Å². The summed E-state index contributed by atoms with van der Waals surface area (Å²) in [6.07, 6.45) is 4.94. The molecule has 226 valence electrons. The third-order valence-corrected chi connectivity index (χ3v) is 9.05. The fourth-order valence-electron chi connectivity index (χ4n) is 6.97. The molecule has 2 saturated heterocycles. The number of hydrogen-bond acceptors (Lipinski definition) is 7. The Balaban J connectivity index is 1.29. The fraction of sp³-hybridized carbons (Fsp3) is 0.324. The first-order chi connectivity index (χ1) is 21.1. The molecule has 4 atom stereocenters. The number of halogens is 1. The number of amides is 2. The molecule has 2 aliphatic heterocycles. The average molecular weight is 596 g/mol. The fourth-order valence-corrected chi connectivity index (χ4v) is 6.97. The van der Waals surface area contributed by atoms with E-state index in [1.165, 1.54) is 29.2 Å². The van der Waals surface area contributed by atoms with Gasteiger partial charge in [-0.05, 0) is 89.8 Å². The predicted molar refractivity (Wildman–Crippen MR) is 165 cm³/mol. The molecule has 2 amide bonds. The van der Waals surface area contributed by atoms with Gasteiger partial charge in [-0.15, -0.1) is 0 Å². The topological polar surface area (TPSA) is 120 Å². The first kappa shape index (κ1) is 29.9. The maximum Gasteiger partial charge on any atom is 0.488 e.